The van der Waals surface area contributed by atoms with Crippen LogP contribution in [0.15, 0.2) is 48.5 Å². The van der Waals surface area contributed by atoms with Crippen LogP contribution in [0.1, 0.15) is 48.4 Å². The Hall–Kier alpha value is -2.17. The van der Waals surface area contributed by atoms with E-state index in [1.807, 2.05) is 55.5 Å². The lowest BCUT2D eigenvalue weighted by Crippen LogP contribution is -2.27. The Morgan fingerprint density at radius 3 is 2.40 bits per heavy atom. The van der Waals surface area contributed by atoms with Gasteiger partial charge in [0.2, 0.25) is 5.91 Å². The van der Waals surface area contributed by atoms with Gasteiger partial charge in [0.15, 0.2) is 0 Å². The van der Waals surface area contributed by atoms with Crippen LogP contribution in [0.25, 0.3) is 0 Å². The van der Waals surface area contributed by atoms with Crippen molar-refractivity contribution in [2.75, 3.05) is 5.32 Å². The highest BCUT2D eigenvalue weighted by Crippen LogP contribution is 2.22. The number of benzene rings is 2. The minimum absolute atomic E-state index is 0.209. The first-order valence-corrected chi connectivity index (χ1v) is 8.95. The number of hydrogen-bond acceptors (Lipinski definition) is 3. The molecule has 0 radical (unpaired) electrons. The fourth-order valence-electron chi connectivity index (χ4n) is 3.10. The number of aryl methyl sites for hydroxylation is 1. The fraction of sp³-hybridized carbons (Fsp3) is 0.381. The molecule has 1 aliphatic carbocycles. The Kier molecular flexibility index (Phi) is 5.84. The van der Waals surface area contributed by atoms with E-state index in [4.69, 9.17) is 10.5 Å². The van der Waals surface area contributed by atoms with E-state index >= 15 is 0 Å². The molecule has 1 atom stereocenters. The second kappa shape index (κ2) is 8.28. The van der Waals surface area contributed by atoms with Crippen molar-refractivity contribution in [3.8, 4) is 0 Å². The van der Waals surface area contributed by atoms with E-state index < -0.39 is 6.04 Å². The molecule has 1 unspecified atom stereocenters. The highest BCUT2D eigenvalue weighted by atomic mass is 16.5. The molecule has 1 amide bonds. The van der Waals surface area contributed by atoms with E-state index in [0.29, 0.717) is 12.7 Å². The smallest absolute Gasteiger partial charge is 0.245 e. The summed E-state index contributed by atoms with van der Waals surface area (Å²) in [5.41, 5.74) is 9.87. The van der Waals surface area contributed by atoms with Crippen LogP contribution < -0.4 is 11.1 Å². The van der Waals surface area contributed by atoms with Crippen molar-refractivity contribution in [2.45, 2.75) is 51.4 Å². The minimum Gasteiger partial charge on any atom is -0.374 e. The van der Waals surface area contributed by atoms with Crippen molar-refractivity contribution >= 4 is 11.6 Å². The van der Waals surface area contributed by atoms with Crippen molar-refractivity contribution in [2.24, 2.45) is 5.73 Å². The first kappa shape index (κ1) is 17.6. The Morgan fingerprint density at radius 2 is 1.76 bits per heavy atom. The van der Waals surface area contributed by atoms with E-state index in [1.165, 1.54) is 25.7 Å². The average Bonchev–Trinajstić information content (AvgIpc) is 3.15. The molecular formula is C21H26N2O2. The van der Waals surface area contributed by atoms with Crippen LogP contribution in [0.4, 0.5) is 5.69 Å². The fourth-order valence-corrected chi connectivity index (χ4v) is 3.10. The number of carbonyl (C=O) groups excluding carboxylic acids is 1. The van der Waals surface area contributed by atoms with Crippen LogP contribution in [0.3, 0.4) is 0 Å². The minimum atomic E-state index is -0.675. The summed E-state index contributed by atoms with van der Waals surface area (Å²) in [5, 5.41) is 2.87. The summed E-state index contributed by atoms with van der Waals surface area (Å²) < 4.78 is 5.91. The Bertz CT molecular complexity index is 689. The number of anilines is 1. The normalized spacial score (nSPS) is 15.9. The van der Waals surface area contributed by atoms with Crippen LogP contribution in [0, 0.1) is 6.92 Å². The van der Waals surface area contributed by atoms with Gasteiger partial charge in [0.25, 0.3) is 0 Å². The molecule has 1 fully saturated rings. The predicted molar refractivity (Wildman–Crippen MR) is 100 cm³/mol. The van der Waals surface area contributed by atoms with Gasteiger partial charge < -0.3 is 15.8 Å². The van der Waals surface area contributed by atoms with Crippen molar-refractivity contribution in [1.29, 1.82) is 0 Å². The van der Waals surface area contributed by atoms with Crippen LogP contribution >= 0.6 is 0 Å². The summed E-state index contributed by atoms with van der Waals surface area (Å²) in [6, 6.07) is 14.8. The number of nitrogens with one attached hydrogen (secondary N) is 1. The van der Waals surface area contributed by atoms with Crippen molar-refractivity contribution in [3.63, 3.8) is 0 Å². The third-order valence-corrected chi connectivity index (χ3v) is 4.73. The van der Waals surface area contributed by atoms with Crippen LogP contribution in [-0.4, -0.2) is 12.0 Å². The van der Waals surface area contributed by atoms with Gasteiger partial charge in [0.05, 0.1) is 12.7 Å². The highest BCUT2D eigenvalue weighted by Gasteiger charge is 2.16. The molecule has 2 aromatic carbocycles. The van der Waals surface area contributed by atoms with Gasteiger partial charge in [-0.1, -0.05) is 54.8 Å². The quantitative estimate of drug-likeness (QED) is 0.834. The van der Waals surface area contributed by atoms with Gasteiger partial charge in [-0.3, -0.25) is 4.79 Å². The zero-order valence-corrected chi connectivity index (χ0v) is 14.7. The number of carbonyl (C=O) groups is 1. The highest BCUT2D eigenvalue weighted by molar-refractivity contribution is 5.95. The van der Waals surface area contributed by atoms with Gasteiger partial charge in [0.1, 0.15) is 6.04 Å². The van der Waals surface area contributed by atoms with E-state index in [0.717, 1.165) is 22.4 Å². The first-order chi connectivity index (χ1) is 12.1. The topological polar surface area (TPSA) is 64.4 Å². The SMILES string of the molecule is Cc1ccc(C(N)C(=O)Nc2ccc(COC3CCCC3)cc2)cc1. The lowest BCUT2D eigenvalue weighted by Gasteiger charge is -2.14. The van der Waals surface area contributed by atoms with Crippen molar-refractivity contribution in [3.05, 3.63) is 65.2 Å². The molecule has 0 aromatic heterocycles. The molecule has 0 saturated heterocycles. The van der Waals surface area contributed by atoms with Crippen LogP contribution in [0.5, 0.6) is 0 Å². The zero-order valence-electron chi connectivity index (χ0n) is 14.7. The lowest BCUT2D eigenvalue weighted by molar-refractivity contribution is -0.117. The largest absolute Gasteiger partial charge is 0.374 e. The monoisotopic (exact) mass is 338 g/mol. The standard InChI is InChI=1S/C21H26N2O2/c1-15-6-10-17(11-7-15)20(22)21(24)23-18-12-8-16(9-13-18)14-25-19-4-2-3-5-19/h6-13,19-20H,2-5,14,22H2,1H3,(H,23,24). The summed E-state index contributed by atoms with van der Waals surface area (Å²) in [7, 11) is 0. The molecule has 4 nitrogen and oxygen atoms in total. The van der Waals surface area contributed by atoms with Gasteiger partial charge in [-0.2, -0.15) is 0 Å². The molecule has 132 valence electrons. The van der Waals surface area contributed by atoms with Crippen LogP contribution in [0.2, 0.25) is 0 Å². The van der Waals surface area contributed by atoms with Gasteiger partial charge >= 0.3 is 0 Å². The molecule has 2 aromatic rings. The molecule has 0 bridgehead atoms. The molecule has 3 rings (SSSR count). The summed E-state index contributed by atoms with van der Waals surface area (Å²) in [4.78, 5) is 12.3. The molecule has 0 aliphatic heterocycles. The third kappa shape index (κ3) is 4.91. The number of amides is 1. The second-order valence-electron chi connectivity index (χ2n) is 6.79. The third-order valence-electron chi connectivity index (χ3n) is 4.73. The van der Waals surface area contributed by atoms with Gasteiger partial charge in [0, 0.05) is 5.69 Å². The molecular weight excluding hydrogens is 312 g/mol. The molecule has 1 saturated carbocycles. The molecule has 4 heteroatoms. The van der Waals surface area contributed by atoms with E-state index in [-0.39, 0.29) is 5.91 Å². The second-order valence-corrected chi connectivity index (χ2v) is 6.79. The lowest BCUT2D eigenvalue weighted by atomic mass is 10.1. The van der Waals surface area contributed by atoms with E-state index in [2.05, 4.69) is 5.32 Å². The maximum Gasteiger partial charge on any atom is 0.245 e. The summed E-state index contributed by atoms with van der Waals surface area (Å²) >= 11 is 0. The van der Waals surface area contributed by atoms with E-state index in [1.54, 1.807) is 0 Å². The maximum absolute atomic E-state index is 12.3. The molecule has 25 heavy (non-hydrogen) atoms. The molecule has 0 spiro atoms. The Morgan fingerprint density at radius 1 is 1.12 bits per heavy atom. The predicted octanol–water partition coefficient (Wildman–Crippen LogP) is 4.09. The number of nitrogens with two attached hydrogens (primary N) is 1. The molecule has 3 N–H and O–H groups in total. The first-order valence-electron chi connectivity index (χ1n) is 8.95. The average molecular weight is 338 g/mol. The summed E-state index contributed by atoms with van der Waals surface area (Å²) in [6.07, 6.45) is 5.30. The number of ether oxygens (including phenoxy) is 1. The van der Waals surface area contributed by atoms with Gasteiger partial charge in [-0.25, -0.2) is 0 Å². The Labute approximate surface area is 149 Å². The maximum atomic E-state index is 12.3. The zero-order chi connectivity index (χ0) is 17.6. The van der Waals surface area contributed by atoms with Gasteiger partial charge in [-0.15, -0.1) is 0 Å². The Balaban J connectivity index is 1.53. The number of hydrogen-bond donors (Lipinski definition) is 2. The molecule has 1 aliphatic rings. The summed E-state index contributed by atoms with van der Waals surface area (Å²) in [5.74, 6) is -0.209. The van der Waals surface area contributed by atoms with Crippen molar-refractivity contribution < 1.29 is 9.53 Å². The van der Waals surface area contributed by atoms with Crippen molar-refractivity contribution in [1.82, 2.24) is 0 Å². The summed E-state index contributed by atoms with van der Waals surface area (Å²) in [6.45, 7) is 2.63. The van der Waals surface area contributed by atoms with Crippen LogP contribution in [-0.2, 0) is 16.1 Å². The molecule has 0 heterocycles. The van der Waals surface area contributed by atoms with Gasteiger partial charge in [-0.05, 0) is 43.0 Å². The van der Waals surface area contributed by atoms with E-state index in [9.17, 15) is 4.79 Å². The number of rotatable bonds is 6.